The van der Waals surface area contributed by atoms with Crippen molar-refractivity contribution in [2.24, 2.45) is 0 Å². The summed E-state index contributed by atoms with van der Waals surface area (Å²) >= 11 is 13.5. The zero-order valence-electron chi connectivity index (χ0n) is 11.4. The van der Waals surface area contributed by atoms with Crippen LogP contribution in [0.1, 0.15) is 27.4 Å². The van der Waals surface area contributed by atoms with Crippen molar-refractivity contribution in [2.45, 2.75) is 18.4 Å². The monoisotopic (exact) mass is 342 g/mol. The Bertz CT molecular complexity index is 708. The molecule has 0 fully saturated rings. The summed E-state index contributed by atoms with van der Waals surface area (Å²) in [5.41, 5.74) is 2.40. The van der Waals surface area contributed by atoms with E-state index in [2.05, 4.69) is 9.97 Å². The van der Waals surface area contributed by atoms with Gasteiger partial charge in [0.2, 0.25) is 5.82 Å². The highest BCUT2D eigenvalue weighted by Gasteiger charge is 2.16. The highest BCUT2D eigenvalue weighted by Crippen LogP contribution is 2.28. The number of benzene rings is 1. The summed E-state index contributed by atoms with van der Waals surface area (Å²) in [6.07, 6.45) is 2.37. The summed E-state index contributed by atoms with van der Waals surface area (Å²) in [4.78, 5) is 19.1. The molecular formula is C14H12Cl2N2O2S. The van der Waals surface area contributed by atoms with E-state index >= 15 is 0 Å². The number of rotatable bonds is 4. The molecule has 110 valence electrons. The van der Waals surface area contributed by atoms with Crippen LogP contribution in [-0.2, 0) is 6.42 Å². The molecule has 4 nitrogen and oxygen atoms in total. The summed E-state index contributed by atoms with van der Waals surface area (Å²) in [7, 11) is 0. The van der Waals surface area contributed by atoms with Gasteiger partial charge in [-0.2, -0.15) is 0 Å². The number of hydrogen-bond donors (Lipinski definition) is 1. The number of carboxylic acid groups (broad SMARTS) is 1. The standard InChI is InChI=1S/C14H12Cl2N2O2S/c1-7-10(5-8-3-4-9(15)6-11(8)16)13(21-2)18-12(17-7)14(19)20/h3-4,6H,5H2,1-2H3,(H,19,20). The highest BCUT2D eigenvalue weighted by atomic mass is 35.5. The van der Waals surface area contributed by atoms with Crippen LogP contribution in [0.2, 0.25) is 10.0 Å². The molecule has 0 aliphatic rings. The number of nitrogens with zero attached hydrogens (tertiary/aromatic N) is 2. The molecule has 1 aromatic carbocycles. The van der Waals surface area contributed by atoms with Gasteiger partial charge in [-0.3, -0.25) is 0 Å². The summed E-state index contributed by atoms with van der Waals surface area (Å²) in [6.45, 7) is 1.77. The fourth-order valence-corrected chi connectivity index (χ4v) is 3.01. The van der Waals surface area contributed by atoms with Gasteiger partial charge in [0.05, 0.1) is 0 Å². The summed E-state index contributed by atoms with van der Waals surface area (Å²) in [5, 5.41) is 10.8. The highest BCUT2D eigenvalue weighted by molar-refractivity contribution is 7.98. The van der Waals surface area contributed by atoms with Crippen molar-refractivity contribution in [1.82, 2.24) is 9.97 Å². The lowest BCUT2D eigenvalue weighted by Crippen LogP contribution is -2.10. The van der Waals surface area contributed by atoms with Crippen LogP contribution in [0.5, 0.6) is 0 Å². The lowest BCUT2D eigenvalue weighted by atomic mass is 10.1. The molecule has 21 heavy (non-hydrogen) atoms. The molecule has 0 saturated heterocycles. The molecule has 2 aromatic rings. The number of aromatic carboxylic acids is 1. The van der Waals surface area contributed by atoms with Gasteiger partial charge in [0.15, 0.2) is 0 Å². The lowest BCUT2D eigenvalue weighted by molar-refractivity contribution is 0.0682. The molecule has 1 heterocycles. The van der Waals surface area contributed by atoms with Crippen molar-refractivity contribution in [3.8, 4) is 0 Å². The van der Waals surface area contributed by atoms with E-state index in [1.807, 2.05) is 12.3 Å². The molecule has 0 saturated carbocycles. The van der Waals surface area contributed by atoms with Gasteiger partial charge in [-0.25, -0.2) is 14.8 Å². The quantitative estimate of drug-likeness (QED) is 0.669. The van der Waals surface area contributed by atoms with Crippen molar-refractivity contribution in [3.63, 3.8) is 0 Å². The average Bonchev–Trinajstić information content (AvgIpc) is 2.42. The molecule has 0 bridgehead atoms. The van der Waals surface area contributed by atoms with Gasteiger partial charge in [-0.05, 0) is 30.9 Å². The number of halogens is 2. The molecule has 2 rings (SSSR count). The molecule has 0 spiro atoms. The van der Waals surface area contributed by atoms with Gasteiger partial charge in [0.1, 0.15) is 5.03 Å². The van der Waals surface area contributed by atoms with E-state index in [1.165, 1.54) is 11.8 Å². The minimum Gasteiger partial charge on any atom is -0.475 e. The minimum absolute atomic E-state index is 0.192. The Morgan fingerprint density at radius 1 is 1.33 bits per heavy atom. The maximum absolute atomic E-state index is 11.0. The predicted molar refractivity (Wildman–Crippen MR) is 84.8 cm³/mol. The first kappa shape index (κ1) is 16.1. The number of aromatic nitrogens is 2. The zero-order valence-corrected chi connectivity index (χ0v) is 13.7. The molecular weight excluding hydrogens is 331 g/mol. The van der Waals surface area contributed by atoms with Crippen LogP contribution in [0.15, 0.2) is 23.2 Å². The van der Waals surface area contributed by atoms with Gasteiger partial charge in [-0.15, -0.1) is 11.8 Å². The summed E-state index contributed by atoms with van der Waals surface area (Å²) in [5.74, 6) is -1.33. The summed E-state index contributed by atoms with van der Waals surface area (Å²) < 4.78 is 0. The van der Waals surface area contributed by atoms with E-state index in [-0.39, 0.29) is 5.82 Å². The fourth-order valence-electron chi connectivity index (χ4n) is 1.89. The molecule has 0 aliphatic heterocycles. The van der Waals surface area contributed by atoms with Crippen molar-refractivity contribution in [2.75, 3.05) is 6.26 Å². The third-order valence-corrected chi connectivity index (χ3v) is 4.25. The molecule has 0 aliphatic carbocycles. The molecule has 1 aromatic heterocycles. The number of hydrogen-bond acceptors (Lipinski definition) is 4. The maximum Gasteiger partial charge on any atom is 0.373 e. The van der Waals surface area contributed by atoms with Crippen molar-refractivity contribution >= 4 is 40.9 Å². The van der Waals surface area contributed by atoms with Gasteiger partial charge < -0.3 is 5.11 Å². The van der Waals surface area contributed by atoms with Crippen LogP contribution >= 0.6 is 35.0 Å². The number of thioether (sulfide) groups is 1. The van der Waals surface area contributed by atoms with Crippen LogP contribution in [0, 0.1) is 6.92 Å². The molecule has 0 amide bonds. The number of carboxylic acids is 1. The fraction of sp³-hybridized carbons (Fsp3) is 0.214. The second kappa shape index (κ2) is 6.64. The lowest BCUT2D eigenvalue weighted by Gasteiger charge is -2.12. The molecule has 0 radical (unpaired) electrons. The molecule has 0 atom stereocenters. The Balaban J connectivity index is 2.46. The maximum atomic E-state index is 11.0. The molecule has 0 unspecified atom stereocenters. The van der Waals surface area contributed by atoms with Crippen LogP contribution in [0.4, 0.5) is 0 Å². The first-order chi connectivity index (χ1) is 9.92. The first-order valence-corrected chi connectivity index (χ1v) is 7.99. The van der Waals surface area contributed by atoms with Crippen molar-refractivity contribution in [1.29, 1.82) is 0 Å². The average molecular weight is 343 g/mol. The Morgan fingerprint density at radius 3 is 2.62 bits per heavy atom. The van der Waals surface area contributed by atoms with Crippen LogP contribution in [-0.4, -0.2) is 27.3 Å². The normalized spacial score (nSPS) is 10.7. The molecule has 1 N–H and O–H groups in total. The Morgan fingerprint density at radius 2 is 2.05 bits per heavy atom. The zero-order chi connectivity index (χ0) is 15.6. The topological polar surface area (TPSA) is 63.1 Å². The number of aryl methyl sites for hydroxylation is 1. The van der Waals surface area contributed by atoms with Crippen LogP contribution < -0.4 is 0 Å². The van der Waals surface area contributed by atoms with Gasteiger partial charge >= 0.3 is 5.97 Å². The smallest absolute Gasteiger partial charge is 0.373 e. The van der Waals surface area contributed by atoms with E-state index in [0.717, 1.165) is 11.1 Å². The van der Waals surface area contributed by atoms with Crippen LogP contribution in [0.25, 0.3) is 0 Å². The minimum atomic E-state index is -1.13. The second-order valence-corrected chi connectivity index (χ2v) is 5.98. The van der Waals surface area contributed by atoms with Crippen molar-refractivity contribution < 1.29 is 9.90 Å². The Kier molecular flexibility index (Phi) is 5.08. The third-order valence-electron chi connectivity index (χ3n) is 2.94. The van der Waals surface area contributed by atoms with E-state index in [4.69, 9.17) is 28.3 Å². The van der Waals surface area contributed by atoms with Gasteiger partial charge in [-0.1, -0.05) is 29.3 Å². The van der Waals surface area contributed by atoms with E-state index in [1.54, 1.807) is 19.1 Å². The Hall–Kier alpha value is -1.30. The van der Waals surface area contributed by atoms with E-state index in [0.29, 0.717) is 27.2 Å². The Labute approximate surface area is 136 Å². The van der Waals surface area contributed by atoms with E-state index in [9.17, 15) is 4.79 Å². The van der Waals surface area contributed by atoms with Crippen LogP contribution in [0.3, 0.4) is 0 Å². The SMILES string of the molecule is CSc1nc(C(=O)O)nc(C)c1Cc1ccc(Cl)cc1Cl. The second-order valence-electron chi connectivity index (χ2n) is 4.34. The van der Waals surface area contributed by atoms with Gasteiger partial charge in [0.25, 0.3) is 0 Å². The predicted octanol–water partition coefficient (Wildman–Crippen LogP) is 4.10. The van der Waals surface area contributed by atoms with E-state index < -0.39 is 5.97 Å². The third kappa shape index (κ3) is 3.67. The summed E-state index contributed by atoms with van der Waals surface area (Å²) in [6, 6.07) is 5.29. The largest absolute Gasteiger partial charge is 0.475 e. The first-order valence-electron chi connectivity index (χ1n) is 6.01. The number of carbonyl (C=O) groups is 1. The molecule has 7 heteroatoms. The van der Waals surface area contributed by atoms with Gasteiger partial charge in [0, 0.05) is 27.7 Å². The van der Waals surface area contributed by atoms with Crippen molar-refractivity contribution in [3.05, 3.63) is 50.9 Å².